The molecule has 0 radical (unpaired) electrons. The highest BCUT2D eigenvalue weighted by Gasteiger charge is 2.43. The van der Waals surface area contributed by atoms with Gasteiger partial charge in [-0.3, -0.25) is 14.5 Å². The molecule has 0 aliphatic carbocycles. The highest BCUT2D eigenvalue weighted by Crippen LogP contribution is 2.36. The number of nitrogens with zero attached hydrogens (tertiary/aromatic N) is 2. The van der Waals surface area contributed by atoms with E-state index in [0.717, 1.165) is 28.0 Å². The van der Waals surface area contributed by atoms with Gasteiger partial charge in [0, 0.05) is 18.7 Å². The maximum absolute atomic E-state index is 14.0. The van der Waals surface area contributed by atoms with Crippen molar-refractivity contribution in [3.8, 4) is 5.75 Å². The fourth-order valence-corrected chi connectivity index (χ4v) is 4.67. The third-order valence-corrected chi connectivity index (χ3v) is 6.99. The van der Waals surface area contributed by atoms with E-state index in [-0.39, 0.29) is 25.5 Å². The summed E-state index contributed by atoms with van der Waals surface area (Å²) in [4.78, 5) is 43.2. The van der Waals surface area contributed by atoms with Crippen molar-refractivity contribution in [2.75, 3.05) is 11.4 Å². The van der Waals surface area contributed by atoms with Crippen molar-refractivity contribution in [1.29, 1.82) is 0 Å². The number of imide groups is 1. The second-order valence-corrected chi connectivity index (χ2v) is 9.89. The molecule has 0 spiro atoms. The van der Waals surface area contributed by atoms with E-state index < -0.39 is 24.1 Å². The Labute approximate surface area is 235 Å². The van der Waals surface area contributed by atoms with Crippen LogP contribution in [0.5, 0.6) is 5.75 Å². The van der Waals surface area contributed by atoms with Crippen molar-refractivity contribution in [2.24, 2.45) is 5.73 Å². The molecule has 0 bridgehead atoms. The molecule has 8 nitrogen and oxygen atoms in total. The topological polar surface area (TPSA) is 102 Å². The summed E-state index contributed by atoms with van der Waals surface area (Å²) in [7, 11) is 0. The summed E-state index contributed by atoms with van der Waals surface area (Å²) in [6, 6.07) is 22.9. The van der Waals surface area contributed by atoms with Crippen molar-refractivity contribution >= 4 is 23.6 Å². The number of fused-ring (bicyclic) bond motifs is 1. The lowest BCUT2D eigenvalue weighted by molar-refractivity contribution is -0.133. The van der Waals surface area contributed by atoms with Gasteiger partial charge in [0.05, 0.1) is 6.04 Å². The fourth-order valence-electron chi connectivity index (χ4n) is 4.67. The number of nitrogens with two attached hydrogens (primary N) is 1. The van der Waals surface area contributed by atoms with Crippen LogP contribution in [0.25, 0.3) is 0 Å². The van der Waals surface area contributed by atoms with Gasteiger partial charge in [-0.05, 0) is 47.7 Å². The quantitative estimate of drug-likeness (QED) is 0.356. The van der Waals surface area contributed by atoms with E-state index in [9.17, 15) is 14.4 Å². The Morgan fingerprint density at radius 2 is 1.60 bits per heavy atom. The largest absolute Gasteiger partial charge is 0.489 e. The minimum atomic E-state index is -0.911. The maximum atomic E-state index is 14.0. The fraction of sp³-hybridized carbons (Fsp3) is 0.344. The zero-order chi connectivity index (χ0) is 28.5. The summed E-state index contributed by atoms with van der Waals surface area (Å²) in [6.07, 6.45) is 1.34. The van der Waals surface area contributed by atoms with E-state index in [1.54, 1.807) is 12.1 Å². The summed E-state index contributed by atoms with van der Waals surface area (Å²) < 4.78 is 11.5. The van der Waals surface area contributed by atoms with Crippen LogP contribution in [-0.4, -0.2) is 41.4 Å². The molecule has 210 valence electrons. The van der Waals surface area contributed by atoms with Crippen LogP contribution in [-0.2, 0) is 34.0 Å². The van der Waals surface area contributed by atoms with Gasteiger partial charge in [0.1, 0.15) is 25.0 Å². The molecule has 1 aliphatic heterocycles. The molecule has 0 fully saturated rings. The second kappa shape index (κ2) is 13.8. The first kappa shape index (κ1) is 28.8. The Morgan fingerprint density at radius 3 is 2.23 bits per heavy atom. The molecule has 40 heavy (non-hydrogen) atoms. The molecule has 0 saturated carbocycles. The summed E-state index contributed by atoms with van der Waals surface area (Å²) in [6.45, 7) is 4.44. The third kappa shape index (κ3) is 6.87. The number of unbranched alkanes of at least 4 members (excludes halogenated alkanes) is 1. The third-order valence-electron chi connectivity index (χ3n) is 6.99. The van der Waals surface area contributed by atoms with Gasteiger partial charge < -0.3 is 15.2 Å². The molecule has 1 heterocycles. The zero-order valence-corrected chi connectivity index (χ0v) is 23.1. The van der Waals surface area contributed by atoms with Crippen LogP contribution in [0.3, 0.4) is 0 Å². The first-order valence-electron chi connectivity index (χ1n) is 13.8. The number of benzene rings is 3. The van der Waals surface area contributed by atoms with Crippen LogP contribution in [0, 0.1) is 0 Å². The normalized spacial score (nSPS) is 14.8. The Bertz CT molecular complexity index is 1300. The minimum absolute atomic E-state index is 0.0476. The first-order valence-corrected chi connectivity index (χ1v) is 13.8. The van der Waals surface area contributed by atoms with Crippen molar-refractivity contribution in [3.05, 3.63) is 95.6 Å². The van der Waals surface area contributed by atoms with Gasteiger partial charge >= 0.3 is 6.09 Å². The molecule has 1 aliphatic rings. The van der Waals surface area contributed by atoms with Gasteiger partial charge in [-0.2, -0.15) is 0 Å². The molecular formula is C32H37N3O5. The molecule has 0 saturated heterocycles. The molecule has 3 amide bonds. The van der Waals surface area contributed by atoms with Crippen LogP contribution < -0.4 is 15.4 Å². The predicted octanol–water partition coefficient (Wildman–Crippen LogP) is 5.23. The van der Waals surface area contributed by atoms with Crippen molar-refractivity contribution < 1.29 is 23.9 Å². The number of carbonyl (C=O) groups is 3. The van der Waals surface area contributed by atoms with E-state index in [1.807, 2.05) is 80.6 Å². The molecule has 3 aromatic rings. The average molecular weight is 544 g/mol. The van der Waals surface area contributed by atoms with Crippen molar-refractivity contribution in [2.45, 2.75) is 64.8 Å². The summed E-state index contributed by atoms with van der Waals surface area (Å²) in [5.41, 5.74) is 9.39. The predicted molar refractivity (Wildman–Crippen MR) is 154 cm³/mol. The molecule has 2 N–H and O–H groups in total. The number of rotatable bonds is 11. The molecular weight excluding hydrogens is 506 g/mol. The number of anilines is 1. The Kier molecular flexibility index (Phi) is 9.91. The summed E-state index contributed by atoms with van der Waals surface area (Å²) in [5, 5.41) is 0. The van der Waals surface area contributed by atoms with E-state index in [4.69, 9.17) is 15.2 Å². The van der Waals surface area contributed by atoms with E-state index >= 15 is 0 Å². The Hall–Kier alpha value is -4.17. The number of hydrogen-bond acceptors (Lipinski definition) is 6. The van der Waals surface area contributed by atoms with Crippen molar-refractivity contribution in [1.82, 2.24) is 4.90 Å². The molecule has 3 aromatic carbocycles. The Balaban J connectivity index is 1.57. The highest BCUT2D eigenvalue weighted by molar-refractivity contribution is 6.08. The Morgan fingerprint density at radius 1 is 0.950 bits per heavy atom. The average Bonchev–Trinajstić information content (AvgIpc) is 3.38. The van der Waals surface area contributed by atoms with E-state index in [0.29, 0.717) is 30.9 Å². The lowest BCUT2D eigenvalue weighted by Gasteiger charge is -2.30. The van der Waals surface area contributed by atoms with Crippen LogP contribution in [0.15, 0.2) is 78.9 Å². The van der Waals surface area contributed by atoms with Gasteiger partial charge in [0.15, 0.2) is 0 Å². The van der Waals surface area contributed by atoms with Crippen LogP contribution in [0.2, 0.25) is 0 Å². The lowest BCUT2D eigenvalue weighted by atomic mass is 10.1. The zero-order valence-electron chi connectivity index (χ0n) is 23.1. The van der Waals surface area contributed by atoms with Gasteiger partial charge in [-0.15, -0.1) is 0 Å². The van der Waals surface area contributed by atoms with Crippen molar-refractivity contribution in [3.63, 3.8) is 0 Å². The number of carbonyl (C=O) groups excluding carboxylic acids is 3. The number of amides is 3. The number of hydrogen-bond donors (Lipinski definition) is 1. The van der Waals surface area contributed by atoms with E-state index in [2.05, 4.69) is 0 Å². The first-order chi connectivity index (χ1) is 19.4. The lowest BCUT2D eigenvalue weighted by Crippen LogP contribution is -2.55. The molecule has 4 rings (SSSR count). The molecule has 2 atom stereocenters. The standard InChI is InChI=1S/C32H37N3O5/c1-3-5-18-34(32(38)40-22-24-14-10-7-11-15-24)31(37)29-20-25-19-26(39-21-23-12-8-6-9-13-23)16-17-28(25)35(29)30(36)27(33)4-2/h6-17,19,27,29H,3-5,18,20-22,33H2,1-2H3/t27-,29-/m0/s1. The highest BCUT2D eigenvalue weighted by atomic mass is 16.6. The summed E-state index contributed by atoms with van der Waals surface area (Å²) >= 11 is 0. The van der Waals surface area contributed by atoms with Gasteiger partial charge in [0.2, 0.25) is 5.91 Å². The molecule has 0 aromatic heterocycles. The van der Waals surface area contributed by atoms with Crippen LogP contribution in [0.4, 0.5) is 10.5 Å². The van der Waals surface area contributed by atoms with Crippen LogP contribution in [0.1, 0.15) is 49.8 Å². The van der Waals surface area contributed by atoms with Gasteiger partial charge in [-0.1, -0.05) is 80.9 Å². The monoisotopic (exact) mass is 543 g/mol. The number of ether oxygens (including phenoxy) is 2. The molecule has 0 unspecified atom stereocenters. The maximum Gasteiger partial charge on any atom is 0.416 e. The minimum Gasteiger partial charge on any atom is -0.489 e. The second-order valence-electron chi connectivity index (χ2n) is 9.89. The van der Waals surface area contributed by atoms with Crippen LogP contribution >= 0.6 is 0 Å². The van der Waals surface area contributed by atoms with E-state index in [1.165, 1.54) is 4.90 Å². The van der Waals surface area contributed by atoms with Gasteiger partial charge in [-0.25, -0.2) is 9.69 Å². The SMILES string of the molecule is CCCCN(C(=O)OCc1ccccc1)C(=O)[C@@H]1Cc2cc(OCc3ccccc3)ccc2N1C(=O)[C@@H](N)CC. The smallest absolute Gasteiger partial charge is 0.416 e. The summed E-state index contributed by atoms with van der Waals surface area (Å²) in [5.74, 6) is -0.204. The molecule has 8 heteroatoms. The van der Waals surface area contributed by atoms with Gasteiger partial charge in [0.25, 0.3) is 5.91 Å².